The van der Waals surface area contributed by atoms with E-state index in [-0.39, 0.29) is 11.7 Å². The third-order valence-corrected chi connectivity index (χ3v) is 3.51. The molecule has 0 aliphatic rings. The SMILES string of the molecule is CC(=O)c1ccc(NC(=O)c2cscc2C)cc1. The summed E-state index contributed by atoms with van der Waals surface area (Å²) in [6.45, 7) is 3.42. The van der Waals surface area contributed by atoms with Gasteiger partial charge in [-0.25, -0.2) is 0 Å². The summed E-state index contributed by atoms with van der Waals surface area (Å²) in [5, 5.41) is 6.57. The van der Waals surface area contributed by atoms with Crippen LogP contribution in [0.5, 0.6) is 0 Å². The molecular formula is C14H13NO2S. The summed E-state index contributed by atoms with van der Waals surface area (Å²) in [5.74, 6) is -0.106. The van der Waals surface area contributed by atoms with E-state index >= 15 is 0 Å². The van der Waals surface area contributed by atoms with E-state index in [0.717, 1.165) is 5.56 Å². The van der Waals surface area contributed by atoms with Gasteiger partial charge in [-0.15, -0.1) is 0 Å². The molecule has 1 aromatic carbocycles. The van der Waals surface area contributed by atoms with E-state index in [1.54, 1.807) is 24.3 Å². The number of Topliss-reactive ketones (excluding diaryl/α,β-unsaturated/α-hetero) is 1. The van der Waals surface area contributed by atoms with Gasteiger partial charge in [-0.3, -0.25) is 9.59 Å². The van der Waals surface area contributed by atoms with Gasteiger partial charge in [-0.1, -0.05) is 0 Å². The van der Waals surface area contributed by atoms with Crippen LogP contribution in [0.4, 0.5) is 5.69 Å². The van der Waals surface area contributed by atoms with E-state index in [1.165, 1.54) is 18.3 Å². The van der Waals surface area contributed by atoms with Crippen LogP contribution in [-0.2, 0) is 0 Å². The van der Waals surface area contributed by atoms with Crippen molar-refractivity contribution in [1.29, 1.82) is 0 Å². The van der Waals surface area contributed by atoms with Crippen LogP contribution in [-0.4, -0.2) is 11.7 Å². The van der Waals surface area contributed by atoms with Crippen LogP contribution in [0, 0.1) is 6.92 Å². The number of nitrogens with one attached hydrogen (secondary N) is 1. The molecule has 1 N–H and O–H groups in total. The predicted octanol–water partition coefficient (Wildman–Crippen LogP) is 3.51. The molecule has 0 aliphatic carbocycles. The number of amides is 1. The molecule has 0 spiro atoms. The van der Waals surface area contributed by atoms with Crippen molar-refractivity contribution in [3.05, 3.63) is 51.7 Å². The summed E-state index contributed by atoms with van der Waals surface area (Å²) in [5.41, 5.74) is 2.99. The zero-order chi connectivity index (χ0) is 13.1. The molecule has 0 fully saturated rings. The number of hydrogen-bond donors (Lipinski definition) is 1. The van der Waals surface area contributed by atoms with Crippen LogP contribution >= 0.6 is 11.3 Å². The first-order valence-electron chi connectivity index (χ1n) is 5.53. The molecule has 0 aliphatic heterocycles. The summed E-state index contributed by atoms with van der Waals surface area (Å²) in [6.07, 6.45) is 0. The monoisotopic (exact) mass is 259 g/mol. The highest BCUT2D eigenvalue weighted by Crippen LogP contribution is 2.16. The second kappa shape index (κ2) is 5.14. The van der Waals surface area contributed by atoms with Crippen molar-refractivity contribution >= 4 is 28.7 Å². The molecule has 3 nitrogen and oxygen atoms in total. The Bertz CT molecular complexity index is 584. The maximum atomic E-state index is 11.9. The molecular weight excluding hydrogens is 246 g/mol. The fraction of sp³-hybridized carbons (Fsp3) is 0.143. The number of benzene rings is 1. The van der Waals surface area contributed by atoms with E-state index in [9.17, 15) is 9.59 Å². The molecule has 1 amide bonds. The third kappa shape index (κ3) is 2.65. The zero-order valence-corrected chi connectivity index (χ0v) is 11.0. The lowest BCUT2D eigenvalue weighted by atomic mass is 10.1. The maximum Gasteiger partial charge on any atom is 0.256 e. The summed E-state index contributed by atoms with van der Waals surface area (Å²) in [7, 11) is 0. The summed E-state index contributed by atoms with van der Waals surface area (Å²) in [4.78, 5) is 23.1. The number of ketones is 1. The van der Waals surface area contributed by atoms with Crippen molar-refractivity contribution in [1.82, 2.24) is 0 Å². The van der Waals surface area contributed by atoms with Crippen molar-refractivity contribution in [3.8, 4) is 0 Å². The number of aryl methyl sites for hydroxylation is 1. The van der Waals surface area contributed by atoms with Crippen molar-refractivity contribution in [3.63, 3.8) is 0 Å². The molecule has 0 unspecified atom stereocenters. The fourth-order valence-electron chi connectivity index (χ4n) is 1.58. The van der Waals surface area contributed by atoms with Crippen molar-refractivity contribution in [2.75, 3.05) is 5.32 Å². The quantitative estimate of drug-likeness (QED) is 0.857. The molecule has 0 saturated carbocycles. The Hall–Kier alpha value is -1.94. The standard InChI is InChI=1S/C14H13NO2S/c1-9-7-18-8-13(9)14(17)15-12-5-3-11(4-6-12)10(2)16/h3-8H,1-2H3,(H,15,17). The summed E-state index contributed by atoms with van der Waals surface area (Å²) < 4.78 is 0. The van der Waals surface area contributed by atoms with Crippen LogP contribution < -0.4 is 5.32 Å². The van der Waals surface area contributed by atoms with Gasteiger partial charge in [0.25, 0.3) is 5.91 Å². The van der Waals surface area contributed by atoms with Gasteiger partial charge in [-0.05, 0) is 49.1 Å². The molecule has 4 heteroatoms. The van der Waals surface area contributed by atoms with E-state index in [0.29, 0.717) is 16.8 Å². The molecule has 2 aromatic rings. The van der Waals surface area contributed by atoms with Gasteiger partial charge in [0.1, 0.15) is 0 Å². The minimum absolute atomic E-state index is 0.0153. The summed E-state index contributed by atoms with van der Waals surface area (Å²) in [6, 6.07) is 6.88. The van der Waals surface area contributed by atoms with Gasteiger partial charge in [0.15, 0.2) is 5.78 Å². The minimum Gasteiger partial charge on any atom is -0.322 e. The van der Waals surface area contributed by atoms with Gasteiger partial charge in [0, 0.05) is 16.6 Å². The Morgan fingerprint density at radius 3 is 2.28 bits per heavy atom. The van der Waals surface area contributed by atoms with E-state index in [1.807, 2.05) is 17.7 Å². The number of thiophene rings is 1. The third-order valence-electron chi connectivity index (χ3n) is 2.65. The first kappa shape index (κ1) is 12.5. The average Bonchev–Trinajstić information content (AvgIpc) is 2.76. The second-order valence-electron chi connectivity index (χ2n) is 4.06. The smallest absolute Gasteiger partial charge is 0.256 e. The Labute approximate surface area is 109 Å². The van der Waals surface area contributed by atoms with Crippen molar-refractivity contribution in [2.24, 2.45) is 0 Å². The molecule has 1 aromatic heterocycles. The number of rotatable bonds is 3. The largest absolute Gasteiger partial charge is 0.322 e. The van der Waals surface area contributed by atoms with Gasteiger partial charge in [0.05, 0.1) is 5.56 Å². The molecule has 92 valence electrons. The Kier molecular flexibility index (Phi) is 3.58. The highest BCUT2D eigenvalue weighted by molar-refractivity contribution is 7.08. The number of hydrogen-bond acceptors (Lipinski definition) is 3. The van der Waals surface area contributed by atoms with E-state index < -0.39 is 0 Å². The first-order valence-corrected chi connectivity index (χ1v) is 6.47. The highest BCUT2D eigenvalue weighted by Gasteiger charge is 2.10. The van der Waals surface area contributed by atoms with E-state index in [4.69, 9.17) is 0 Å². The Morgan fingerprint density at radius 2 is 1.78 bits per heavy atom. The number of carbonyl (C=O) groups excluding carboxylic acids is 2. The lowest BCUT2D eigenvalue weighted by molar-refractivity contribution is 0.101. The fourth-order valence-corrected chi connectivity index (χ4v) is 2.41. The molecule has 0 atom stereocenters. The van der Waals surface area contributed by atoms with Crippen LogP contribution in [0.15, 0.2) is 35.0 Å². The highest BCUT2D eigenvalue weighted by atomic mass is 32.1. The van der Waals surface area contributed by atoms with Gasteiger partial charge in [-0.2, -0.15) is 11.3 Å². The van der Waals surface area contributed by atoms with Gasteiger partial charge >= 0.3 is 0 Å². The van der Waals surface area contributed by atoms with Crippen LogP contribution in [0.1, 0.15) is 33.2 Å². The lowest BCUT2D eigenvalue weighted by Gasteiger charge is -2.05. The molecule has 1 heterocycles. The minimum atomic E-state index is -0.121. The molecule has 2 rings (SSSR count). The molecule has 0 bridgehead atoms. The maximum absolute atomic E-state index is 11.9. The zero-order valence-electron chi connectivity index (χ0n) is 10.2. The van der Waals surface area contributed by atoms with Crippen LogP contribution in [0.25, 0.3) is 0 Å². The second-order valence-corrected chi connectivity index (χ2v) is 4.80. The Morgan fingerprint density at radius 1 is 1.11 bits per heavy atom. The summed E-state index contributed by atoms with van der Waals surface area (Å²) >= 11 is 1.51. The normalized spacial score (nSPS) is 10.1. The molecule has 0 radical (unpaired) electrons. The first-order chi connectivity index (χ1) is 8.58. The van der Waals surface area contributed by atoms with E-state index in [2.05, 4.69) is 5.32 Å². The van der Waals surface area contributed by atoms with Crippen molar-refractivity contribution < 1.29 is 9.59 Å². The van der Waals surface area contributed by atoms with Crippen LogP contribution in [0.2, 0.25) is 0 Å². The number of anilines is 1. The lowest BCUT2D eigenvalue weighted by Crippen LogP contribution is -2.12. The van der Waals surface area contributed by atoms with Gasteiger partial charge < -0.3 is 5.32 Å². The topological polar surface area (TPSA) is 46.2 Å². The predicted molar refractivity (Wildman–Crippen MR) is 73.5 cm³/mol. The Balaban J connectivity index is 2.13. The van der Waals surface area contributed by atoms with Crippen LogP contribution in [0.3, 0.4) is 0 Å². The number of carbonyl (C=O) groups is 2. The molecule has 0 saturated heterocycles. The van der Waals surface area contributed by atoms with Crippen molar-refractivity contribution in [2.45, 2.75) is 13.8 Å². The molecule has 18 heavy (non-hydrogen) atoms. The average molecular weight is 259 g/mol. The van der Waals surface area contributed by atoms with Gasteiger partial charge in [0.2, 0.25) is 0 Å².